The number of hydrogen-bond acceptors (Lipinski definition) is 2. The van der Waals surface area contributed by atoms with Crippen LogP contribution in [0.25, 0.3) is 22.3 Å². The van der Waals surface area contributed by atoms with Crippen molar-refractivity contribution in [3.8, 4) is 28.0 Å². The van der Waals surface area contributed by atoms with Crippen LogP contribution in [-0.2, 0) is 17.3 Å². The third kappa shape index (κ3) is 7.77. The molecule has 1 aliphatic carbocycles. The smallest absolute Gasteiger partial charge is 0.383 e. The number of halogens is 6. The maximum Gasteiger partial charge on any atom is 0.383 e. The van der Waals surface area contributed by atoms with Crippen molar-refractivity contribution in [2.45, 2.75) is 83.3 Å². The summed E-state index contributed by atoms with van der Waals surface area (Å²) in [6.07, 6.45) is 0.496. The summed E-state index contributed by atoms with van der Waals surface area (Å²) in [6, 6.07) is 16.7. The Morgan fingerprint density at radius 2 is 1.28 bits per heavy atom. The highest BCUT2D eigenvalue weighted by Gasteiger charge is 2.37. The summed E-state index contributed by atoms with van der Waals surface area (Å²) < 4.78 is 100. The molecule has 0 heterocycles. The van der Waals surface area contributed by atoms with E-state index in [-0.39, 0.29) is 45.7 Å². The molecule has 244 valence electrons. The predicted octanol–water partition coefficient (Wildman–Crippen LogP) is 11.5. The standard InChI is InChI=1S/C38H38F6O2/c1-3-5-19-45-29-15-11-28(12-16-29)38(43,44)46-30-13-7-24(8-14-30)25-9-17-31(34(39)20-25)26-10-18-32(35(40)21-26)27-22-36(41)33(6-4-2)37(42)23-27/h9-12,15-18,20-24,30H,3-8,13-14,19H2,1-2H3. The molecule has 0 saturated heterocycles. The Hall–Kier alpha value is -3.78. The van der Waals surface area contributed by atoms with Crippen molar-refractivity contribution in [1.82, 2.24) is 0 Å². The number of hydrogen-bond donors (Lipinski definition) is 0. The molecule has 0 unspecified atom stereocenters. The van der Waals surface area contributed by atoms with Gasteiger partial charge in [0, 0.05) is 16.7 Å². The molecule has 0 aliphatic heterocycles. The van der Waals surface area contributed by atoms with E-state index in [2.05, 4.69) is 0 Å². The van der Waals surface area contributed by atoms with E-state index in [1.54, 1.807) is 12.1 Å². The van der Waals surface area contributed by atoms with Crippen LogP contribution >= 0.6 is 0 Å². The number of ether oxygens (including phenoxy) is 2. The number of rotatable bonds is 12. The van der Waals surface area contributed by atoms with Gasteiger partial charge in [0.2, 0.25) is 0 Å². The Bertz CT molecular complexity index is 1600. The molecule has 0 radical (unpaired) electrons. The minimum atomic E-state index is -3.45. The van der Waals surface area contributed by atoms with Gasteiger partial charge in [-0.15, -0.1) is 0 Å². The van der Waals surface area contributed by atoms with Gasteiger partial charge in [0.1, 0.15) is 29.0 Å². The molecule has 0 N–H and O–H groups in total. The van der Waals surface area contributed by atoms with Gasteiger partial charge in [-0.1, -0.05) is 51.0 Å². The van der Waals surface area contributed by atoms with Gasteiger partial charge in [-0.25, -0.2) is 17.6 Å². The van der Waals surface area contributed by atoms with Crippen molar-refractivity contribution in [2.75, 3.05) is 6.61 Å². The third-order valence-corrected chi connectivity index (χ3v) is 8.64. The SMILES string of the molecule is CCCCOc1ccc(C(F)(F)OC2CCC(c3ccc(-c4ccc(-c5cc(F)c(CCC)c(F)c5)c(F)c4)c(F)c3)CC2)cc1. The van der Waals surface area contributed by atoms with Crippen LogP contribution in [0.15, 0.2) is 72.8 Å². The van der Waals surface area contributed by atoms with E-state index >= 15 is 8.78 Å². The first kappa shape index (κ1) is 33.6. The van der Waals surface area contributed by atoms with Crippen LogP contribution in [0.2, 0.25) is 0 Å². The normalized spacial score (nSPS) is 16.9. The quantitative estimate of drug-likeness (QED) is 0.113. The van der Waals surface area contributed by atoms with E-state index in [1.165, 1.54) is 42.5 Å². The van der Waals surface area contributed by atoms with E-state index in [9.17, 15) is 17.6 Å². The molecule has 4 aromatic rings. The van der Waals surface area contributed by atoms with Crippen molar-refractivity contribution < 1.29 is 35.8 Å². The van der Waals surface area contributed by atoms with Gasteiger partial charge in [-0.2, -0.15) is 8.78 Å². The van der Waals surface area contributed by atoms with Crippen molar-refractivity contribution in [3.63, 3.8) is 0 Å². The topological polar surface area (TPSA) is 18.5 Å². The maximum absolute atomic E-state index is 15.3. The van der Waals surface area contributed by atoms with E-state index < -0.39 is 35.5 Å². The third-order valence-electron chi connectivity index (χ3n) is 8.64. The Labute approximate surface area is 266 Å². The molecule has 0 spiro atoms. The molecule has 1 fully saturated rings. The highest BCUT2D eigenvalue weighted by atomic mass is 19.3. The van der Waals surface area contributed by atoms with Crippen molar-refractivity contribution in [1.29, 1.82) is 0 Å². The molecule has 1 saturated carbocycles. The maximum atomic E-state index is 15.3. The highest BCUT2D eigenvalue weighted by molar-refractivity contribution is 5.72. The van der Waals surface area contributed by atoms with Gasteiger partial charge in [0.15, 0.2) is 0 Å². The van der Waals surface area contributed by atoms with Crippen LogP contribution in [0.5, 0.6) is 5.75 Å². The molecule has 8 heteroatoms. The Morgan fingerprint density at radius 3 is 1.89 bits per heavy atom. The highest BCUT2D eigenvalue weighted by Crippen LogP contribution is 2.40. The van der Waals surface area contributed by atoms with Gasteiger partial charge >= 0.3 is 6.11 Å². The Kier molecular flexibility index (Phi) is 10.8. The lowest BCUT2D eigenvalue weighted by Crippen LogP contribution is -2.29. The van der Waals surface area contributed by atoms with Crippen LogP contribution in [0.1, 0.15) is 81.4 Å². The average molecular weight is 641 g/mol. The van der Waals surface area contributed by atoms with Gasteiger partial charge in [-0.05, 0) is 110 Å². The number of benzene rings is 4. The second-order valence-corrected chi connectivity index (χ2v) is 11.9. The summed E-state index contributed by atoms with van der Waals surface area (Å²) in [5.74, 6) is -2.22. The van der Waals surface area contributed by atoms with Crippen molar-refractivity contribution in [2.24, 2.45) is 0 Å². The van der Waals surface area contributed by atoms with Gasteiger partial charge in [0.05, 0.1) is 18.3 Å². The molecule has 4 aromatic carbocycles. The second-order valence-electron chi connectivity index (χ2n) is 11.9. The lowest BCUT2D eigenvalue weighted by molar-refractivity contribution is -0.277. The van der Waals surface area contributed by atoms with Crippen LogP contribution < -0.4 is 4.74 Å². The zero-order chi connectivity index (χ0) is 32.8. The fourth-order valence-electron chi connectivity index (χ4n) is 6.05. The zero-order valence-corrected chi connectivity index (χ0v) is 26.0. The molecule has 46 heavy (non-hydrogen) atoms. The van der Waals surface area contributed by atoms with Crippen LogP contribution in [0.4, 0.5) is 26.3 Å². The van der Waals surface area contributed by atoms with Gasteiger partial charge in [0.25, 0.3) is 0 Å². The summed E-state index contributed by atoms with van der Waals surface area (Å²) in [6.45, 7) is 4.39. The fourth-order valence-corrected chi connectivity index (χ4v) is 6.05. The Balaban J connectivity index is 1.21. The minimum Gasteiger partial charge on any atom is -0.494 e. The van der Waals surface area contributed by atoms with Gasteiger partial charge in [-0.3, -0.25) is 0 Å². The molecular weight excluding hydrogens is 602 g/mol. The summed E-state index contributed by atoms with van der Waals surface area (Å²) in [7, 11) is 0. The van der Waals surface area contributed by atoms with E-state index in [0.717, 1.165) is 36.6 Å². The van der Waals surface area contributed by atoms with E-state index in [0.29, 0.717) is 44.5 Å². The average Bonchev–Trinajstić information content (AvgIpc) is 3.03. The summed E-state index contributed by atoms with van der Waals surface area (Å²) >= 11 is 0. The molecule has 1 aliphatic rings. The molecule has 0 aromatic heterocycles. The minimum absolute atomic E-state index is 0.0135. The monoisotopic (exact) mass is 640 g/mol. The lowest BCUT2D eigenvalue weighted by atomic mass is 9.82. The molecular formula is C38H38F6O2. The summed E-state index contributed by atoms with van der Waals surface area (Å²) in [4.78, 5) is 0. The Morgan fingerprint density at radius 1 is 0.674 bits per heavy atom. The molecule has 2 nitrogen and oxygen atoms in total. The zero-order valence-electron chi connectivity index (χ0n) is 26.0. The fraction of sp³-hybridized carbons (Fsp3) is 0.368. The molecule has 0 bridgehead atoms. The van der Waals surface area contributed by atoms with Crippen LogP contribution in [-0.4, -0.2) is 12.7 Å². The summed E-state index contributed by atoms with van der Waals surface area (Å²) in [5.41, 5.74) is 1.03. The van der Waals surface area contributed by atoms with Crippen LogP contribution in [0, 0.1) is 23.3 Å². The van der Waals surface area contributed by atoms with Gasteiger partial charge < -0.3 is 9.47 Å². The second kappa shape index (κ2) is 14.8. The first-order valence-electron chi connectivity index (χ1n) is 16.0. The van der Waals surface area contributed by atoms with Crippen LogP contribution in [0.3, 0.4) is 0 Å². The first-order chi connectivity index (χ1) is 22.1. The van der Waals surface area contributed by atoms with Crippen molar-refractivity contribution >= 4 is 0 Å². The first-order valence-corrected chi connectivity index (χ1v) is 16.0. The van der Waals surface area contributed by atoms with E-state index in [1.807, 2.05) is 13.8 Å². The molecule has 0 amide bonds. The molecule has 5 rings (SSSR count). The molecule has 0 atom stereocenters. The predicted molar refractivity (Wildman–Crippen MR) is 168 cm³/mol. The van der Waals surface area contributed by atoms with Crippen molar-refractivity contribution in [3.05, 3.63) is 113 Å². The number of alkyl halides is 2. The largest absolute Gasteiger partial charge is 0.494 e. The lowest BCUT2D eigenvalue weighted by Gasteiger charge is -2.31. The van der Waals surface area contributed by atoms with E-state index in [4.69, 9.17) is 9.47 Å². The summed E-state index contributed by atoms with van der Waals surface area (Å²) in [5, 5.41) is 0. The number of unbranched alkanes of at least 4 members (excludes halogenated alkanes) is 1.